The lowest BCUT2D eigenvalue weighted by Crippen LogP contribution is -2.25. The summed E-state index contributed by atoms with van der Waals surface area (Å²) in [6.07, 6.45) is 0.760. The normalized spacial score (nSPS) is 13.7. The van der Waals surface area contributed by atoms with E-state index in [0.717, 1.165) is 17.7 Å². The molecule has 0 aromatic heterocycles. The van der Waals surface area contributed by atoms with Gasteiger partial charge in [-0.05, 0) is 48.4 Å². The number of halogens is 1. The van der Waals surface area contributed by atoms with Gasteiger partial charge in [-0.2, -0.15) is 0 Å². The molecular weight excluding hydrogens is 321 g/mol. The molecule has 0 saturated heterocycles. The minimum absolute atomic E-state index is 0.0145. The molecule has 0 saturated carbocycles. The van der Waals surface area contributed by atoms with E-state index in [2.05, 4.69) is 4.99 Å². The fraction of sp³-hybridized carbons (Fsp3) is 0.211. The fourth-order valence-corrected chi connectivity index (χ4v) is 2.87. The molecule has 1 heterocycles. The number of rotatable bonds is 4. The molecule has 3 rings (SSSR count). The molecule has 2 aromatic carbocycles. The maximum absolute atomic E-state index is 12.9. The van der Waals surface area contributed by atoms with Gasteiger partial charge in [-0.25, -0.2) is 9.38 Å². The Bertz CT molecular complexity index is 859. The molecule has 2 aromatic rings. The quantitative estimate of drug-likeness (QED) is 0.528. The topological polar surface area (TPSA) is 75.8 Å². The fourth-order valence-electron chi connectivity index (χ4n) is 2.87. The molecule has 5 nitrogen and oxygen atoms in total. The van der Waals surface area contributed by atoms with E-state index in [4.69, 9.17) is 5.73 Å². The van der Waals surface area contributed by atoms with Crippen LogP contribution in [0.4, 0.5) is 15.8 Å². The summed E-state index contributed by atoms with van der Waals surface area (Å²) in [4.78, 5) is 29.8. The molecule has 1 aliphatic heterocycles. The Morgan fingerprint density at radius 2 is 1.92 bits per heavy atom. The van der Waals surface area contributed by atoms with Crippen LogP contribution in [0.3, 0.4) is 0 Å². The van der Waals surface area contributed by atoms with E-state index in [9.17, 15) is 14.0 Å². The molecule has 0 aliphatic carbocycles. The van der Waals surface area contributed by atoms with E-state index in [0.29, 0.717) is 17.8 Å². The van der Waals surface area contributed by atoms with Crippen molar-refractivity contribution in [1.29, 1.82) is 0 Å². The molecule has 0 radical (unpaired) electrons. The maximum Gasteiger partial charge on any atom is 0.223 e. The molecule has 0 unspecified atom stereocenters. The lowest BCUT2D eigenvalue weighted by Gasteiger charge is -2.14. The Kier molecular flexibility index (Phi) is 4.61. The first-order valence-electron chi connectivity index (χ1n) is 7.97. The lowest BCUT2D eigenvalue weighted by molar-refractivity contribution is -0.116. The van der Waals surface area contributed by atoms with Gasteiger partial charge in [0.2, 0.25) is 5.91 Å². The minimum Gasteiger partial charge on any atom is -0.387 e. The first kappa shape index (κ1) is 16.8. The van der Waals surface area contributed by atoms with E-state index in [1.807, 2.05) is 12.1 Å². The highest BCUT2D eigenvalue weighted by molar-refractivity contribution is 6.09. The number of carbonyl (C=O) groups is 2. The Morgan fingerprint density at radius 1 is 1.20 bits per heavy atom. The second-order valence-corrected chi connectivity index (χ2v) is 5.94. The molecular formula is C19H18FN3O2. The van der Waals surface area contributed by atoms with Gasteiger partial charge in [-0.3, -0.25) is 9.59 Å². The minimum atomic E-state index is -0.397. The van der Waals surface area contributed by atoms with Crippen molar-refractivity contribution in [2.45, 2.75) is 19.8 Å². The number of nitrogens with two attached hydrogens (primary N) is 1. The van der Waals surface area contributed by atoms with Crippen LogP contribution in [-0.4, -0.2) is 24.1 Å². The Balaban J connectivity index is 1.76. The summed E-state index contributed by atoms with van der Waals surface area (Å²) in [6.45, 7) is 2.19. The van der Waals surface area contributed by atoms with Crippen molar-refractivity contribution < 1.29 is 14.0 Å². The largest absolute Gasteiger partial charge is 0.387 e. The second kappa shape index (κ2) is 6.84. The van der Waals surface area contributed by atoms with Crippen LogP contribution < -0.4 is 10.6 Å². The molecule has 0 spiro atoms. The summed E-state index contributed by atoms with van der Waals surface area (Å²) in [5.41, 5.74) is 8.80. The van der Waals surface area contributed by atoms with Gasteiger partial charge in [-0.1, -0.05) is 6.07 Å². The van der Waals surface area contributed by atoms with Crippen molar-refractivity contribution in [3.05, 3.63) is 59.4 Å². The number of fused-ring (bicyclic) bond motifs is 1. The number of amidine groups is 1. The number of Topliss-reactive ketones (excluding diaryl/α,β-unsaturated/α-hetero) is 1. The monoisotopic (exact) mass is 339 g/mol. The van der Waals surface area contributed by atoms with E-state index in [-0.39, 0.29) is 23.9 Å². The molecule has 6 heteroatoms. The van der Waals surface area contributed by atoms with Crippen molar-refractivity contribution in [2.24, 2.45) is 10.7 Å². The Morgan fingerprint density at radius 3 is 2.60 bits per heavy atom. The zero-order chi connectivity index (χ0) is 18.0. The van der Waals surface area contributed by atoms with Crippen molar-refractivity contribution in [3.8, 4) is 0 Å². The first-order chi connectivity index (χ1) is 11.9. The molecule has 2 N–H and O–H groups in total. The Hall–Kier alpha value is -3.02. The van der Waals surface area contributed by atoms with Crippen LogP contribution in [0.15, 0.2) is 47.5 Å². The van der Waals surface area contributed by atoms with Crippen molar-refractivity contribution in [1.82, 2.24) is 0 Å². The smallest absolute Gasteiger partial charge is 0.223 e. The third-order valence-corrected chi connectivity index (χ3v) is 4.13. The van der Waals surface area contributed by atoms with Crippen LogP contribution in [0.25, 0.3) is 0 Å². The van der Waals surface area contributed by atoms with Gasteiger partial charge in [0.15, 0.2) is 5.78 Å². The number of benzene rings is 2. The predicted molar refractivity (Wildman–Crippen MR) is 94.8 cm³/mol. The highest BCUT2D eigenvalue weighted by Gasteiger charge is 2.22. The summed E-state index contributed by atoms with van der Waals surface area (Å²) in [5.74, 6) is -0.472. The molecule has 0 fully saturated rings. The third kappa shape index (κ3) is 3.74. The summed E-state index contributed by atoms with van der Waals surface area (Å²) in [5, 5.41) is 0. The van der Waals surface area contributed by atoms with Gasteiger partial charge >= 0.3 is 0 Å². The zero-order valence-electron chi connectivity index (χ0n) is 13.8. The Labute approximate surface area is 145 Å². The highest BCUT2D eigenvalue weighted by atomic mass is 19.1. The molecule has 1 aliphatic rings. The van der Waals surface area contributed by atoms with Crippen LogP contribution in [0, 0.1) is 5.82 Å². The molecule has 0 bridgehead atoms. The van der Waals surface area contributed by atoms with Gasteiger partial charge in [0.25, 0.3) is 0 Å². The molecule has 0 atom stereocenters. The number of amides is 1. The summed E-state index contributed by atoms with van der Waals surface area (Å²) in [6, 6.07) is 10.9. The van der Waals surface area contributed by atoms with E-state index >= 15 is 0 Å². The van der Waals surface area contributed by atoms with Crippen LogP contribution in [0.2, 0.25) is 0 Å². The number of aliphatic imine (C=N–C) groups is 1. The van der Waals surface area contributed by atoms with Crippen LogP contribution in [0.1, 0.15) is 29.3 Å². The van der Waals surface area contributed by atoms with E-state index in [1.54, 1.807) is 11.0 Å². The van der Waals surface area contributed by atoms with E-state index < -0.39 is 5.82 Å². The average molecular weight is 339 g/mol. The third-order valence-electron chi connectivity index (χ3n) is 4.13. The second-order valence-electron chi connectivity index (χ2n) is 5.94. The molecule has 128 valence electrons. The predicted octanol–water partition coefficient (Wildman–Crippen LogP) is 3.00. The SMILES string of the molecule is CC(=O)N1CCc2ccc(N=C(N)CC(=O)c3ccc(F)cc3)cc21. The summed E-state index contributed by atoms with van der Waals surface area (Å²) in [7, 11) is 0. The van der Waals surface area contributed by atoms with E-state index in [1.165, 1.54) is 31.2 Å². The number of hydrogen-bond acceptors (Lipinski definition) is 3. The number of nitrogens with zero attached hydrogens (tertiary/aromatic N) is 2. The number of hydrogen-bond donors (Lipinski definition) is 1. The van der Waals surface area contributed by atoms with Crippen LogP contribution >= 0.6 is 0 Å². The van der Waals surface area contributed by atoms with Crippen molar-refractivity contribution >= 4 is 28.9 Å². The van der Waals surface area contributed by atoms with Gasteiger partial charge in [0, 0.05) is 24.7 Å². The zero-order valence-corrected chi connectivity index (χ0v) is 13.8. The van der Waals surface area contributed by atoms with Gasteiger partial charge in [-0.15, -0.1) is 0 Å². The average Bonchev–Trinajstić information content (AvgIpc) is 2.98. The summed E-state index contributed by atoms with van der Waals surface area (Å²) < 4.78 is 12.9. The van der Waals surface area contributed by atoms with Crippen LogP contribution in [0.5, 0.6) is 0 Å². The molecule has 25 heavy (non-hydrogen) atoms. The number of ketones is 1. The standard InChI is InChI=1S/C19H18FN3O2/c1-12(24)23-9-8-13-4-7-16(10-17(13)23)22-19(21)11-18(25)14-2-5-15(20)6-3-14/h2-7,10H,8-9,11H2,1H3,(H2,21,22). The lowest BCUT2D eigenvalue weighted by atomic mass is 10.1. The summed E-state index contributed by atoms with van der Waals surface area (Å²) >= 11 is 0. The maximum atomic E-state index is 12.9. The highest BCUT2D eigenvalue weighted by Crippen LogP contribution is 2.32. The van der Waals surface area contributed by atoms with Crippen LogP contribution in [-0.2, 0) is 11.2 Å². The van der Waals surface area contributed by atoms with Gasteiger partial charge in [0.05, 0.1) is 12.1 Å². The van der Waals surface area contributed by atoms with Gasteiger partial charge < -0.3 is 10.6 Å². The number of anilines is 1. The van der Waals surface area contributed by atoms with Crippen molar-refractivity contribution in [2.75, 3.05) is 11.4 Å². The first-order valence-corrected chi connectivity index (χ1v) is 7.97. The number of carbonyl (C=O) groups excluding carboxylic acids is 2. The van der Waals surface area contributed by atoms with Gasteiger partial charge in [0.1, 0.15) is 11.7 Å². The van der Waals surface area contributed by atoms with Crippen molar-refractivity contribution in [3.63, 3.8) is 0 Å². The molecule has 1 amide bonds.